The molecule has 1 fully saturated rings. The number of aromatic nitrogens is 1. The molecule has 1 N–H and O–H groups in total. The summed E-state index contributed by atoms with van der Waals surface area (Å²) >= 11 is 0. The number of halogens is 3. The minimum Gasteiger partial charge on any atom is -0.351 e. The van der Waals surface area contributed by atoms with Gasteiger partial charge in [0.05, 0.1) is 11.6 Å². The van der Waals surface area contributed by atoms with E-state index in [0.717, 1.165) is 6.07 Å². The van der Waals surface area contributed by atoms with Crippen LogP contribution in [0.25, 0.3) is 0 Å². The van der Waals surface area contributed by atoms with Crippen LogP contribution in [0, 0.1) is 0 Å². The topological polar surface area (TPSA) is 28.2 Å². The second-order valence-corrected chi connectivity index (χ2v) is 3.97. The Kier molecular flexibility index (Phi) is 3.24. The van der Waals surface area contributed by atoms with Crippen LogP contribution in [0.15, 0.2) is 18.3 Å². The van der Waals surface area contributed by atoms with E-state index in [-0.39, 0.29) is 11.9 Å². The van der Waals surface area contributed by atoms with Gasteiger partial charge in [-0.05, 0) is 19.1 Å². The Labute approximate surface area is 97.6 Å². The molecule has 2 rings (SSSR count). The van der Waals surface area contributed by atoms with E-state index in [1.54, 1.807) is 4.90 Å². The van der Waals surface area contributed by atoms with Crippen LogP contribution in [0.3, 0.4) is 0 Å². The van der Waals surface area contributed by atoms with Crippen molar-refractivity contribution in [3.63, 3.8) is 0 Å². The molecule has 2 heterocycles. The highest BCUT2D eigenvalue weighted by Gasteiger charge is 2.37. The van der Waals surface area contributed by atoms with Crippen LogP contribution >= 0.6 is 0 Å². The van der Waals surface area contributed by atoms with E-state index in [2.05, 4.69) is 10.3 Å². The first-order chi connectivity index (χ1) is 8.04. The van der Waals surface area contributed by atoms with E-state index in [4.69, 9.17) is 0 Å². The molecule has 0 aromatic carbocycles. The molecular formula is C11H14F3N3. The van der Waals surface area contributed by atoms with E-state index >= 15 is 0 Å². The third-order valence-electron chi connectivity index (χ3n) is 2.91. The van der Waals surface area contributed by atoms with Crippen LogP contribution in [0.4, 0.5) is 19.0 Å². The van der Waals surface area contributed by atoms with Crippen molar-refractivity contribution < 1.29 is 13.2 Å². The summed E-state index contributed by atoms with van der Waals surface area (Å²) in [4.78, 5) is 5.61. The van der Waals surface area contributed by atoms with Gasteiger partial charge < -0.3 is 10.2 Å². The molecule has 0 radical (unpaired) electrons. The van der Waals surface area contributed by atoms with Crippen LogP contribution in [-0.4, -0.2) is 30.7 Å². The van der Waals surface area contributed by atoms with E-state index in [1.165, 1.54) is 12.3 Å². The molecule has 94 valence electrons. The molecule has 1 aliphatic heterocycles. The van der Waals surface area contributed by atoms with E-state index < -0.39 is 11.7 Å². The van der Waals surface area contributed by atoms with Gasteiger partial charge in [-0.3, -0.25) is 0 Å². The predicted molar refractivity (Wildman–Crippen MR) is 58.9 cm³/mol. The second-order valence-electron chi connectivity index (χ2n) is 3.97. The largest absolute Gasteiger partial charge is 0.419 e. The van der Waals surface area contributed by atoms with Crippen molar-refractivity contribution in [2.45, 2.75) is 19.1 Å². The fourth-order valence-electron chi connectivity index (χ4n) is 1.92. The minimum atomic E-state index is -4.35. The van der Waals surface area contributed by atoms with Gasteiger partial charge in [0, 0.05) is 25.8 Å². The highest BCUT2D eigenvalue weighted by atomic mass is 19.4. The number of likely N-dealkylation sites (N-methyl/N-ethyl adjacent to an activating group) is 1. The number of pyridine rings is 1. The molecular weight excluding hydrogens is 231 g/mol. The zero-order valence-corrected chi connectivity index (χ0v) is 9.46. The van der Waals surface area contributed by atoms with Crippen molar-refractivity contribution >= 4 is 5.82 Å². The van der Waals surface area contributed by atoms with Gasteiger partial charge in [0.25, 0.3) is 0 Å². The second kappa shape index (κ2) is 4.52. The molecule has 3 nitrogen and oxygen atoms in total. The third-order valence-corrected chi connectivity index (χ3v) is 2.91. The molecule has 0 bridgehead atoms. The van der Waals surface area contributed by atoms with Crippen LogP contribution in [-0.2, 0) is 6.18 Å². The maximum Gasteiger partial charge on any atom is 0.419 e. The smallest absolute Gasteiger partial charge is 0.351 e. The minimum absolute atomic E-state index is 0.0361. The Bertz CT molecular complexity index is 388. The summed E-state index contributed by atoms with van der Waals surface area (Å²) in [6, 6.07) is 2.51. The Hall–Kier alpha value is -1.30. The monoisotopic (exact) mass is 245 g/mol. The number of hydrogen-bond donors (Lipinski definition) is 1. The molecule has 1 aliphatic rings. The van der Waals surface area contributed by atoms with Gasteiger partial charge in [0.1, 0.15) is 5.82 Å². The van der Waals surface area contributed by atoms with Crippen LogP contribution in [0.2, 0.25) is 0 Å². The van der Waals surface area contributed by atoms with Crippen molar-refractivity contribution in [3.8, 4) is 0 Å². The van der Waals surface area contributed by atoms with Crippen LogP contribution in [0.5, 0.6) is 0 Å². The van der Waals surface area contributed by atoms with Crippen molar-refractivity contribution in [3.05, 3.63) is 23.9 Å². The first-order valence-electron chi connectivity index (χ1n) is 5.53. The Morgan fingerprint density at radius 2 is 2.18 bits per heavy atom. The fraction of sp³-hybridized carbons (Fsp3) is 0.545. The molecule has 0 amide bonds. The molecule has 0 unspecified atom stereocenters. The Balaban J connectivity index is 2.35. The maximum absolute atomic E-state index is 12.8. The van der Waals surface area contributed by atoms with Crippen molar-refractivity contribution in [1.29, 1.82) is 0 Å². The summed E-state index contributed by atoms with van der Waals surface area (Å²) in [6.45, 7) is 3.78. The predicted octanol–water partition coefficient (Wildman–Crippen LogP) is 1.90. The molecule has 17 heavy (non-hydrogen) atoms. The highest BCUT2D eigenvalue weighted by Crippen LogP contribution is 2.35. The lowest BCUT2D eigenvalue weighted by Crippen LogP contribution is -2.57. The normalized spacial score (nSPS) is 16.7. The van der Waals surface area contributed by atoms with Gasteiger partial charge in [0.15, 0.2) is 0 Å². The van der Waals surface area contributed by atoms with Crippen molar-refractivity contribution in [2.75, 3.05) is 24.5 Å². The van der Waals surface area contributed by atoms with E-state index in [0.29, 0.717) is 19.6 Å². The highest BCUT2D eigenvalue weighted by molar-refractivity contribution is 5.49. The quantitative estimate of drug-likeness (QED) is 0.881. The first kappa shape index (κ1) is 12.2. The standard InChI is InChI=1S/C11H14F3N3/c1-2-17(8-6-15-7-8)10-9(11(12,13)14)4-3-5-16-10/h3-5,8,15H,2,6-7H2,1H3. The summed E-state index contributed by atoms with van der Waals surface area (Å²) in [5.41, 5.74) is -0.659. The average molecular weight is 245 g/mol. The molecule has 1 saturated heterocycles. The molecule has 6 heteroatoms. The number of nitrogens with zero attached hydrogens (tertiary/aromatic N) is 2. The molecule has 1 aromatic rings. The van der Waals surface area contributed by atoms with Crippen LogP contribution in [0.1, 0.15) is 12.5 Å². The van der Waals surface area contributed by atoms with Crippen molar-refractivity contribution in [1.82, 2.24) is 10.3 Å². The van der Waals surface area contributed by atoms with Gasteiger partial charge in [-0.1, -0.05) is 0 Å². The Morgan fingerprint density at radius 3 is 2.65 bits per heavy atom. The zero-order chi connectivity index (χ0) is 12.5. The summed E-state index contributed by atoms with van der Waals surface area (Å²) in [6.07, 6.45) is -2.95. The SMILES string of the molecule is CCN(c1ncccc1C(F)(F)F)C1CNC1. The number of anilines is 1. The summed E-state index contributed by atoms with van der Waals surface area (Å²) in [5, 5.41) is 3.05. The molecule has 0 aliphatic carbocycles. The number of rotatable bonds is 3. The van der Waals surface area contributed by atoms with Gasteiger partial charge in [-0.15, -0.1) is 0 Å². The summed E-state index contributed by atoms with van der Waals surface area (Å²) in [7, 11) is 0. The number of nitrogens with one attached hydrogen (secondary N) is 1. The van der Waals surface area contributed by atoms with Gasteiger partial charge in [0.2, 0.25) is 0 Å². The van der Waals surface area contributed by atoms with Gasteiger partial charge in [-0.2, -0.15) is 13.2 Å². The van der Waals surface area contributed by atoms with E-state index in [1.807, 2.05) is 6.92 Å². The molecule has 1 aromatic heterocycles. The molecule has 0 saturated carbocycles. The van der Waals surface area contributed by atoms with Crippen molar-refractivity contribution in [2.24, 2.45) is 0 Å². The lowest BCUT2D eigenvalue weighted by molar-refractivity contribution is -0.137. The molecule has 0 atom stereocenters. The average Bonchev–Trinajstić information content (AvgIpc) is 2.22. The lowest BCUT2D eigenvalue weighted by Gasteiger charge is -2.39. The lowest BCUT2D eigenvalue weighted by atomic mass is 10.1. The summed E-state index contributed by atoms with van der Waals surface area (Å²) < 4.78 is 38.5. The zero-order valence-electron chi connectivity index (χ0n) is 9.46. The number of hydrogen-bond acceptors (Lipinski definition) is 3. The number of alkyl halides is 3. The van der Waals surface area contributed by atoms with Crippen LogP contribution < -0.4 is 10.2 Å². The first-order valence-corrected chi connectivity index (χ1v) is 5.53. The molecule has 0 spiro atoms. The fourth-order valence-corrected chi connectivity index (χ4v) is 1.92. The summed E-state index contributed by atoms with van der Waals surface area (Å²) in [5.74, 6) is 0.0361. The third kappa shape index (κ3) is 2.36. The van der Waals surface area contributed by atoms with Gasteiger partial charge >= 0.3 is 6.18 Å². The Morgan fingerprint density at radius 1 is 1.47 bits per heavy atom. The maximum atomic E-state index is 12.8. The van der Waals surface area contributed by atoms with E-state index in [9.17, 15) is 13.2 Å². The van der Waals surface area contributed by atoms with Gasteiger partial charge in [-0.25, -0.2) is 4.98 Å².